The van der Waals surface area contributed by atoms with E-state index in [4.69, 9.17) is 4.74 Å². The number of thiophene rings is 1. The maximum Gasteiger partial charge on any atom is 0.407 e. The van der Waals surface area contributed by atoms with Gasteiger partial charge in [-0.2, -0.15) is 4.39 Å². The smallest absolute Gasteiger partial charge is 0.407 e. The van der Waals surface area contributed by atoms with E-state index in [1.54, 1.807) is 0 Å². The molecule has 2 aromatic heterocycles. The summed E-state index contributed by atoms with van der Waals surface area (Å²) in [5, 5.41) is 2.84. The highest BCUT2D eigenvalue weighted by Crippen LogP contribution is 2.41. The van der Waals surface area contributed by atoms with Crippen molar-refractivity contribution in [3.05, 3.63) is 51.7 Å². The van der Waals surface area contributed by atoms with E-state index in [1.165, 1.54) is 23.0 Å². The average molecular weight is 448 g/mol. The SMILES string of the molecule is Cc1ccc(C(C)(C)N2CCC(CCc3ccc(F)s3)(CNC(=O)OC(C)C)C2)cn1. The molecule has 1 amide bonds. The van der Waals surface area contributed by atoms with Gasteiger partial charge < -0.3 is 10.1 Å². The first-order chi connectivity index (χ1) is 14.6. The molecule has 1 saturated heterocycles. The van der Waals surface area contributed by atoms with Gasteiger partial charge in [-0.3, -0.25) is 9.88 Å². The van der Waals surface area contributed by atoms with Crippen LogP contribution in [0, 0.1) is 17.5 Å². The van der Waals surface area contributed by atoms with Gasteiger partial charge >= 0.3 is 6.09 Å². The van der Waals surface area contributed by atoms with Crippen molar-refractivity contribution in [2.24, 2.45) is 5.41 Å². The predicted octanol–water partition coefficient (Wildman–Crippen LogP) is 5.29. The van der Waals surface area contributed by atoms with Gasteiger partial charge in [-0.15, -0.1) is 11.3 Å². The number of aromatic nitrogens is 1. The summed E-state index contributed by atoms with van der Waals surface area (Å²) >= 11 is 1.21. The molecule has 1 atom stereocenters. The topological polar surface area (TPSA) is 54.5 Å². The Morgan fingerprint density at radius 1 is 1.35 bits per heavy atom. The highest BCUT2D eigenvalue weighted by molar-refractivity contribution is 7.10. The second kappa shape index (κ2) is 9.65. The molecule has 1 aliphatic heterocycles. The number of nitrogens with one attached hydrogen (secondary N) is 1. The summed E-state index contributed by atoms with van der Waals surface area (Å²) in [5.41, 5.74) is 1.93. The van der Waals surface area contributed by atoms with E-state index >= 15 is 0 Å². The number of nitrogens with zero attached hydrogens (tertiary/aromatic N) is 2. The molecule has 0 aromatic carbocycles. The molecule has 2 aromatic rings. The quantitative estimate of drug-likeness (QED) is 0.598. The lowest BCUT2D eigenvalue weighted by atomic mass is 9.81. The van der Waals surface area contributed by atoms with Crippen LogP contribution in [0.4, 0.5) is 9.18 Å². The Balaban J connectivity index is 1.74. The van der Waals surface area contributed by atoms with Gasteiger partial charge in [-0.05, 0) is 84.2 Å². The van der Waals surface area contributed by atoms with Crippen LogP contribution in [0.15, 0.2) is 30.5 Å². The maximum absolute atomic E-state index is 13.5. The van der Waals surface area contributed by atoms with Crippen LogP contribution in [-0.4, -0.2) is 41.7 Å². The standard InChI is InChI=1S/C24H34FN3O2S/c1-17(2)30-22(29)27-15-24(11-10-20-8-9-21(25)31-20)12-13-28(16-24)23(4,5)19-7-6-18(3)26-14-19/h6-9,14,17H,10-13,15-16H2,1-5H3,(H,27,29). The van der Waals surface area contributed by atoms with Crippen molar-refractivity contribution in [1.29, 1.82) is 0 Å². The highest BCUT2D eigenvalue weighted by atomic mass is 32.1. The Kier molecular flexibility index (Phi) is 7.37. The van der Waals surface area contributed by atoms with E-state index in [2.05, 4.69) is 41.2 Å². The largest absolute Gasteiger partial charge is 0.447 e. The molecule has 31 heavy (non-hydrogen) atoms. The first-order valence-electron chi connectivity index (χ1n) is 11.0. The maximum atomic E-state index is 13.5. The van der Waals surface area contributed by atoms with Gasteiger partial charge in [-0.1, -0.05) is 6.07 Å². The molecule has 1 N–H and O–H groups in total. The van der Waals surface area contributed by atoms with Gasteiger partial charge in [0.1, 0.15) is 0 Å². The van der Waals surface area contributed by atoms with E-state index in [0.29, 0.717) is 6.54 Å². The molecule has 0 bridgehead atoms. The Bertz CT molecular complexity index is 881. The minimum Gasteiger partial charge on any atom is -0.447 e. The Labute approximate surface area is 189 Å². The zero-order valence-electron chi connectivity index (χ0n) is 19.2. The lowest BCUT2D eigenvalue weighted by Crippen LogP contribution is -2.45. The molecule has 0 radical (unpaired) electrons. The van der Waals surface area contributed by atoms with Crippen LogP contribution in [0.5, 0.6) is 0 Å². The van der Waals surface area contributed by atoms with Gasteiger partial charge in [0, 0.05) is 40.8 Å². The van der Waals surface area contributed by atoms with E-state index in [9.17, 15) is 9.18 Å². The van der Waals surface area contributed by atoms with Crippen molar-refractivity contribution in [3.8, 4) is 0 Å². The number of amides is 1. The number of alkyl carbamates (subject to hydrolysis) is 1. The van der Waals surface area contributed by atoms with E-state index < -0.39 is 0 Å². The third-order valence-corrected chi connectivity index (χ3v) is 7.26. The van der Waals surface area contributed by atoms with Crippen LogP contribution in [0.25, 0.3) is 0 Å². The van der Waals surface area contributed by atoms with Crippen LogP contribution in [0.1, 0.15) is 56.7 Å². The first-order valence-corrected chi connectivity index (χ1v) is 11.8. The fourth-order valence-electron chi connectivity index (χ4n) is 4.25. The first kappa shape index (κ1) is 23.7. The molecule has 0 saturated carbocycles. The number of hydrogen-bond acceptors (Lipinski definition) is 5. The van der Waals surface area contributed by atoms with Crippen molar-refractivity contribution < 1.29 is 13.9 Å². The second-order valence-electron chi connectivity index (χ2n) is 9.43. The van der Waals surface area contributed by atoms with Crippen LogP contribution in [-0.2, 0) is 16.7 Å². The van der Waals surface area contributed by atoms with Gasteiger partial charge in [0.25, 0.3) is 0 Å². The van der Waals surface area contributed by atoms with Crippen molar-refractivity contribution in [3.63, 3.8) is 0 Å². The molecular formula is C24H34FN3O2S. The minimum absolute atomic E-state index is 0.0914. The number of rotatable bonds is 8. The number of ether oxygens (including phenoxy) is 1. The van der Waals surface area contributed by atoms with Gasteiger partial charge in [-0.25, -0.2) is 4.79 Å². The molecular weight excluding hydrogens is 413 g/mol. The van der Waals surface area contributed by atoms with Gasteiger partial charge in [0.2, 0.25) is 0 Å². The number of hydrogen-bond donors (Lipinski definition) is 1. The number of carbonyl (C=O) groups is 1. The molecule has 0 aliphatic carbocycles. The van der Waals surface area contributed by atoms with Crippen LogP contribution in [0.3, 0.4) is 0 Å². The molecule has 1 fully saturated rings. The number of aryl methyl sites for hydroxylation is 2. The summed E-state index contributed by atoms with van der Waals surface area (Å²) in [7, 11) is 0. The number of likely N-dealkylation sites (tertiary alicyclic amines) is 1. The van der Waals surface area contributed by atoms with Crippen LogP contribution in [0.2, 0.25) is 0 Å². The molecule has 7 heteroatoms. The van der Waals surface area contributed by atoms with Crippen molar-refractivity contribution in [1.82, 2.24) is 15.2 Å². The number of pyridine rings is 1. The summed E-state index contributed by atoms with van der Waals surface area (Å²) < 4.78 is 18.7. The fourth-order valence-corrected chi connectivity index (χ4v) is 4.98. The molecule has 1 unspecified atom stereocenters. The zero-order valence-corrected chi connectivity index (χ0v) is 20.0. The monoisotopic (exact) mass is 447 g/mol. The lowest BCUT2D eigenvalue weighted by molar-refractivity contribution is 0.104. The summed E-state index contributed by atoms with van der Waals surface area (Å²) in [4.78, 5) is 20.2. The zero-order chi connectivity index (χ0) is 22.6. The average Bonchev–Trinajstić information content (AvgIpc) is 3.32. The molecule has 5 nitrogen and oxygen atoms in total. The molecule has 0 spiro atoms. The van der Waals surface area contributed by atoms with Crippen LogP contribution < -0.4 is 5.32 Å². The normalized spacial score (nSPS) is 19.7. The Morgan fingerprint density at radius 3 is 2.74 bits per heavy atom. The Morgan fingerprint density at radius 2 is 2.13 bits per heavy atom. The molecule has 3 rings (SSSR count). The molecule has 3 heterocycles. The summed E-state index contributed by atoms with van der Waals surface area (Å²) in [6.45, 7) is 12.5. The third kappa shape index (κ3) is 6.04. The second-order valence-corrected chi connectivity index (χ2v) is 10.6. The van der Waals surface area contributed by atoms with Gasteiger partial charge in [0.05, 0.1) is 6.10 Å². The molecule has 1 aliphatic rings. The molecule has 170 valence electrons. The van der Waals surface area contributed by atoms with E-state index in [1.807, 2.05) is 33.0 Å². The van der Waals surface area contributed by atoms with Crippen molar-refractivity contribution in [2.75, 3.05) is 19.6 Å². The predicted molar refractivity (Wildman–Crippen MR) is 123 cm³/mol. The van der Waals surface area contributed by atoms with Crippen molar-refractivity contribution >= 4 is 17.4 Å². The summed E-state index contributed by atoms with van der Waals surface area (Å²) in [5.74, 6) is 0. The van der Waals surface area contributed by atoms with Gasteiger partial charge in [0.15, 0.2) is 5.13 Å². The summed E-state index contributed by atoms with van der Waals surface area (Å²) in [6.07, 6.45) is 4.08. The number of carbonyl (C=O) groups excluding carboxylic acids is 1. The number of halogens is 1. The third-order valence-electron chi connectivity index (χ3n) is 6.33. The summed E-state index contributed by atoms with van der Waals surface area (Å²) in [6, 6.07) is 7.59. The lowest BCUT2D eigenvalue weighted by Gasteiger charge is -2.38. The minimum atomic E-state index is -0.378. The van der Waals surface area contributed by atoms with E-state index in [-0.39, 0.29) is 28.3 Å². The van der Waals surface area contributed by atoms with Crippen LogP contribution >= 0.6 is 11.3 Å². The fraction of sp³-hybridized carbons (Fsp3) is 0.583. The van der Waals surface area contributed by atoms with E-state index in [0.717, 1.165) is 42.9 Å². The Hall–Kier alpha value is -1.99. The van der Waals surface area contributed by atoms with Crippen molar-refractivity contribution in [2.45, 2.75) is 65.5 Å². The highest BCUT2D eigenvalue weighted by Gasteiger charge is 2.43.